The predicted octanol–water partition coefficient (Wildman–Crippen LogP) is 3.44. The molecular formula is C16H19NO2. The first-order valence-electron chi connectivity index (χ1n) is 6.16. The Hall–Kier alpha value is -2.16. The normalized spacial score (nSPS) is 10.1. The van der Waals surface area contributed by atoms with Crippen LogP contribution in [0.2, 0.25) is 0 Å². The minimum absolute atomic E-state index is 0.815. The maximum absolute atomic E-state index is 5.45. The number of anilines is 1. The first kappa shape index (κ1) is 13.3. The first-order chi connectivity index (χ1) is 9.17. The molecule has 0 fully saturated rings. The number of hydrogen-bond acceptors (Lipinski definition) is 3. The van der Waals surface area contributed by atoms with E-state index in [9.17, 15) is 0 Å². The topological polar surface area (TPSA) is 21.7 Å². The van der Waals surface area contributed by atoms with Gasteiger partial charge in [0.2, 0.25) is 0 Å². The van der Waals surface area contributed by atoms with Crippen molar-refractivity contribution in [3.05, 3.63) is 42.5 Å². The summed E-state index contributed by atoms with van der Waals surface area (Å²) in [6.07, 6.45) is 0. The van der Waals surface area contributed by atoms with Crippen molar-refractivity contribution in [3.63, 3.8) is 0 Å². The minimum Gasteiger partial charge on any atom is -0.496 e. The van der Waals surface area contributed by atoms with Crippen LogP contribution in [0.1, 0.15) is 0 Å². The molecule has 0 bridgehead atoms. The zero-order valence-electron chi connectivity index (χ0n) is 11.8. The number of rotatable bonds is 4. The van der Waals surface area contributed by atoms with Crippen molar-refractivity contribution in [2.45, 2.75) is 0 Å². The van der Waals surface area contributed by atoms with Crippen LogP contribution in [-0.2, 0) is 0 Å². The smallest absolute Gasteiger partial charge is 0.130 e. The van der Waals surface area contributed by atoms with Crippen LogP contribution in [0.5, 0.6) is 11.5 Å². The highest BCUT2D eigenvalue weighted by Crippen LogP contribution is 2.39. The summed E-state index contributed by atoms with van der Waals surface area (Å²) in [7, 11) is 7.40. The third-order valence-corrected chi connectivity index (χ3v) is 3.08. The maximum atomic E-state index is 5.45. The third-order valence-electron chi connectivity index (χ3n) is 3.08. The summed E-state index contributed by atoms with van der Waals surface area (Å²) in [6.45, 7) is 0. The van der Waals surface area contributed by atoms with Gasteiger partial charge >= 0.3 is 0 Å². The van der Waals surface area contributed by atoms with Crippen molar-refractivity contribution >= 4 is 5.69 Å². The molecule has 0 radical (unpaired) electrons. The van der Waals surface area contributed by atoms with Crippen LogP contribution in [0.25, 0.3) is 11.1 Å². The van der Waals surface area contributed by atoms with E-state index in [1.165, 1.54) is 0 Å². The lowest BCUT2D eigenvalue weighted by atomic mass is 10.0. The molecule has 2 aromatic rings. The molecule has 0 aliphatic carbocycles. The fourth-order valence-corrected chi connectivity index (χ4v) is 2.08. The van der Waals surface area contributed by atoms with Crippen LogP contribution < -0.4 is 14.4 Å². The van der Waals surface area contributed by atoms with Crippen molar-refractivity contribution in [1.29, 1.82) is 0 Å². The lowest BCUT2D eigenvalue weighted by molar-refractivity contribution is 0.397. The Balaban J connectivity index is 2.60. The summed E-state index contributed by atoms with van der Waals surface area (Å²) >= 11 is 0. The Labute approximate surface area is 114 Å². The van der Waals surface area contributed by atoms with Gasteiger partial charge in [0, 0.05) is 19.8 Å². The molecule has 100 valence electrons. The van der Waals surface area contributed by atoms with E-state index in [4.69, 9.17) is 9.47 Å². The third kappa shape index (κ3) is 2.65. The van der Waals surface area contributed by atoms with E-state index in [-0.39, 0.29) is 0 Å². The van der Waals surface area contributed by atoms with Gasteiger partial charge in [-0.05, 0) is 29.8 Å². The molecule has 19 heavy (non-hydrogen) atoms. The number of nitrogens with zero attached hydrogens (tertiary/aromatic N) is 1. The molecule has 3 heteroatoms. The molecule has 0 aliphatic rings. The van der Waals surface area contributed by atoms with E-state index < -0.39 is 0 Å². The van der Waals surface area contributed by atoms with Gasteiger partial charge in [0.15, 0.2) is 0 Å². The number of benzene rings is 2. The van der Waals surface area contributed by atoms with Crippen molar-refractivity contribution in [2.75, 3.05) is 33.2 Å². The number of hydrogen-bond donors (Lipinski definition) is 0. The minimum atomic E-state index is 0.815. The zero-order chi connectivity index (χ0) is 13.8. The van der Waals surface area contributed by atoms with Crippen molar-refractivity contribution in [3.8, 4) is 22.6 Å². The lowest BCUT2D eigenvalue weighted by Crippen LogP contribution is -2.08. The second kappa shape index (κ2) is 5.65. The average Bonchev–Trinajstić information content (AvgIpc) is 2.46. The van der Waals surface area contributed by atoms with Gasteiger partial charge in [-0.2, -0.15) is 0 Å². The highest BCUT2D eigenvalue weighted by molar-refractivity contribution is 5.79. The van der Waals surface area contributed by atoms with Crippen LogP contribution in [0.15, 0.2) is 42.5 Å². The second-order valence-electron chi connectivity index (χ2n) is 4.48. The van der Waals surface area contributed by atoms with Gasteiger partial charge in [-0.3, -0.25) is 0 Å². The van der Waals surface area contributed by atoms with Crippen LogP contribution in [0.4, 0.5) is 5.69 Å². The standard InChI is InChI=1S/C16H19NO2/c1-17(2)13-8-5-7-12(11-13)16-14(18-3)9-6-10-15(16)19-4/h5-11H,1-4H3. The number of ether oxygens (including phenoxy) is 2. The fourth-order valence-electron chi connectivity index (χ4n) is 2.08. The van der Waals surface area contributed by atoms with Gasteiger partial charge in [0.05, 0.1) is 19.8 Å². The summed E-state index contributed by atoms with van der Waals surface area (Å²) in [5, 5.41) is 0. The van der Waals surface area contributed by atoms with Crippen molar-refractivity contribution < 1.29 is 9.47 Å². The van der Waals surface area contributed by atoms with Crippen LogP contribution in [0.3, 0.4) is 0 Å². The highest BCUT2D eigenvalue weighted by atomic mass is 16.5. The van der Waals surface area contributed by atoms with Gasteiger partial charge in [-0.1, -0.05) is 18.2 Å². The van der Waals surface area contributed by atoms with E-state index in [2.05, 4.69) is 23.1 Å². The van der Waals surface area contributed by atoms with Crippen LogP contribution in [0, 0.1) is 0 Å². The van der Waals surface area contributed by atoms with Gasteiger partial charge in [-0.25, -0.2) is 0 Å². The molecule has 0 aliphatic heterocycles. The Morgan fingerprint density at radius 2 is 1.42 bits per heavy atom. The monoisotopic (exact) mass is 257 g/mol. The summed E-state index contributed by atoms with van der Waals surface area (Å²) in [6, 6.07) is 14.1. The first-order valence-corrected chi connectivity index (χ1v) is 6.16. The van der Waals surface area contributed by atoms with Crippen molar-refractivity contribution in [2.24, 2.45) is 0 Å². The highest BCUT2D eigenvalue weighted by Gasteiger charge is 2.12. The molecule has 0 N–H and O–H groups in total. The van der Waals surface area contributed by atoms with E-state index >= 15 is 0 Å². The Kier molecular flexibility index (Phi) is 3.95. The van der Waals surface area contributed by atoms with E-state index in [1.54, 1.807) is 14.2 Å². The second-order valence-corrected chi connectivity index (χ2v) is 4.48. The van der Waals surface area contributed by atoms with Gasteiger partial charge < -0.3 is 14.4 Å². The quantitative estimate of drug-likeness (QED) is 0.837. The Morgan fingerprint density at radius 3 is 1.95 bits per heavy atom. The summed E-state index contributed by atoms with van der Waals surface area (Å²) in [5.41, 5.74) is 3.21. The molecule has 0 spiro atoms. The van der Waals surface area contributed by atoms with E-state index in [0.29, 0.717) is 0 Å². The number of methoxy groups -OCH3 is 2. The molecule has 0 amide bonds. The molecule has 2 rings (SSSR count). The molecule has 2 aromatic carbocycles. The van der Waals surface area contributed by atoms with Crippen molar-refractivity contribution in [1.82, 2.24) is 0 Å². The van der Waals surface area contributed by atoms with Gasteiger partial charge in [0.25, 0.3) is 0 Å². The molecule has 0 saturated heterocycles. The molecule has 3 nitrogen and oxygen atoms in total. The molecule has 0 atom stereocenters. The summed E-state index contributed by atoms with van der Waals surface area (Å²) in [5.74, 6) is 1.63. The van der Waals surface area contributed by atoms with Gasteiger partial charge in [-0.15, -0.1) is 0 Å². The fraction of sp³-hybridized carbons (Fsp3) is 0.250. The molecular weight excluding hydrogens is 238 g/mol. The molecule has 0 saturated carbocycles. The lowest BCUT2D eigenvalue weighted by Gasteiger charge is -2.16. The SMILES string of the molecule is COc1cccc(OC)c1-c1cccc(N(C)C)c1. The largest absolute Gasteiger partial charge is 0.496 e. The van der Waals surface area contributed by atoms with Gasteiger partial charge in [0.1, 0.15) is 11.5 Å². The summed E-state index contributed by atoms with van der Waals surface area (Å²) in [4.78, 5) is 2.07. The summed E-state index contributed by atoms with van der Waals surface area (Å²) < 4.78 is 10.9. The predicted molar refractivity (Wildman–Crippen MR) is 79.3 cm³/mol. The van der Waals surface area contributed by atoms with Crippen LogP contribution in [-0.4, -0.2) is 28.3 Å². The maximum Gasteiger partial charge on any atom is 0.130 e. The molecule has 0 unspecified atom stereocenters. The molecule has 0 aromatic heterocycles. The van der Waals surface area contributed by atoms with E-state index in [0.717, 1.165) is 28.3 Å². The zero-order valence-corrected chi connectivity index (χ0v) is 11.8. The average molecular weight is 257 g/mol. The van der Waals surface area contributed by atoms with Crippen LogP contribution >= 0.6 is 0 Å². The molecule has 0 heterocycles. The Bertz CT molecular complexity index is 542. The van der Waals surface area contributed by atoms with E-state index in [1.807, 2.05) is 38.4 Å². The Morgan fingerprint density at radius 1 is 0.842 bits per heavy atom.